The van der Waals surface area contributed by atoms with E-state index in [9.17, 15) is 0 Å². The third-order valence-corrected chi connectivity index (χ3v) is 5.07. The van der Waals surface area contributed by atoms with Gasteiger partial charge in [-0.1, -0.05) is 28.8 Å². The van der Waals surface area contributed by atoms with E-state index in [-0.39, 0.29) is 0 Å². The summed E-state index contributed by atoms with van der Waals surface area (Å²) in [5, 5.41) is 3.50. The number of halogens is 1. The van der Waals surface area contributed by atoms with Gasteiger partial charge < -0.3 is 14.8 Å². The predicted molar refractivity (Wildman–Crippen MR) is 83.5 cm³/mol. The van der Waals surface area contributed by atoms with Crippen molar-refractivity contribution in [2.45, 2.75) is 38.1 Å². The normalized spacial score (nSPS) is 20.7. The summed E-state index contributed by atoms with van der Waals surface area (Å²) in [6.07, 6.45) is 6.27. The molecule has 0 saturated heterocycles. The Morgan fingerprint density at radius 2 is 1.75 bits per heavy atom. The summed E-state index contributed by atoms with van der Waals surface area (Å²) < 4.78 is 12.7. The fourth-order valence-electron chi connectivity index (χ4n) is 3.37. The van der Waals surface area contributed by atoms with Crippen LogP contribution in [0.2, 0.25) is 0 Å². The minimum atomic E-state index is 0.393. The van der Waals surface area contributed by atoms with E-state index in [0.29, 0.717) is 6.04 Å². The number of ether oxygens (including phenoxy) is 2. The summed E-state index contributed by atoms with van der Waals surface area (Å²) in [5.74, 6) is 2.47. The van der Waals surface area contributed by atoms with Crippen LogP contribution in [0.5, 0.6) is 11.5 Å². The SMILES string of the molecule is CNC(c1cc2c(cc1Br)OCCCO2)C1CCCC1. The highest BCUT2D eigenvalue weighted by Crippen LogP contribution is 2.42. The lowest BCUT2D eigenvalue weighted by atomic mass is 9.91. The minimum Gasteiger partial charge on any atom is -0.490 e. The molecule has 1 N–H and O–H groups in total. The van der Waals surface area contributed by atoms with Gasteiger partial charge >= 0.3 is 0 Å². The van der Waals surface area contributed by atoms with Gasteiger partial charge in [-0.25, -0.2) is 0 Å². The summed E-state index contributed by atoms with van der Waals surface area (Å²) in [6, 6.07) is 4.61. The van der Waals surface area contributed by atoms with Crippen molar-refractivity contribution < 1.29 is 9.47 Å². The largest absolute Gasteiger partial charge is 0.490 e. The molecule has 4 heteroatoms. The Bertz CT molecular complexity index is 472. The smallest absolute Gasteiger partial charge is 0.162 e. The summed E-state index contributed by atoms with van der Waals surface area (Å²) in [6.45, 7) is 1.47. The van der Waals surface area contributed by atoms with Crippen LogP contribution < -0.4 is 14.8 Å². The zero-order valence-corrected chi connectivity index (χ0v) is 13.5. The summed E-state index contributed by atoms with van der Waals surface area (Å²) in [5.41, 5.74) is 1.30. The van der Waals surface area contributed by atoms with Crippen LogP contribution in [-0.2, 0) is 0 Å². The number of nitrogens with one attached hydrogen (secondary N) is 1. The number of benzene rings is 1. The maximum Gasteiger partial charge on any atom is 0.162 e. The molecule has 1 aliphatic carbocycles. The van der Waals surface area contributed by atoms with E-state index in [1.165, 1.54) is 31.2 Å². The average molecular weight is 340 g/mol. The number of hydrogen-bond acceptors (Lipinski definition) is 3. The van der Waals surface area contributed by atoms with E-state index in [4.69, 9.17) is 9.47 Å². The monoisotopic (exact) mass is 339 g/mol. The van der Waals surface area contributed by atoms with Crippen molar-refractivity contribution in [1.82, 2.24) is 5.32 Å². The standard InChI is InChI=1S/C16H22BrNO2/c1-18-16(11-5-2-3-6-11)12-9-14-15(10-13(12)17)20-8-4-7-19-14/h9-11,16,18H,2-8H2,1H3. The second-order valence-electron chi connectivity index (χ2n) is 5.68. The van der Waals surface area contributed by atoms with Crippen molar-refractivity contribution in [2.24, 2.45) is 5.92 Å². The fourth-order valence-corrected chi connectivity index (χ4v) is 3.94. The molecule has 1 unspecified atom stereocenters. The van der Waals surface area contributed by atoms with E-state index in [1.807, 2.05) is 0 Å². The van der Waals surface area contributed by atoms with Gasteiger partial charge in [-0.15, -0.1) is 0 Å². The molecule has 0 radical (unpaired) electrons. The van der Waals surface area contributed by atoms with Crippen LogP contribution in [0.25, 0.3) is 0 Å². The van der Waals surface area contributed by atoms with Crippen LogP contribution in [-0.4, -0.2) is 20.3 Å². The van der Waals surface area contributed by atoms with Gasteiger partial charge in [0.05, 0.1) is 13.2 Å². The topological polar surface area (TPSA) is 30.5 Å². The number of hydrogen-bond donors (Lipinski definition) is 1. The molecule has 0 aromatic heterocycles. The van der Waals surface area contributed by atoms with Crippen molar-refractivity contribution in [3.8, 4) is 11.5 Å². The zero-order valence-electron chi connectivity index (χ0n) is 12.0. The molecule has 20 heavy (non-hydrogen) atoms. The Labute approximate surface area is 129 Å². The first-order chi connectivity index (χ1) is 9.79. The molecule has 2 aliphatic rings. The van der Waals surface area contributed by atoms with E-state index in [1.54, 1.807) is 0 Å². The van der Waals surface area contributed by atoms with Crippen LogP contribution in [0, 0.1) is 5.92 Å². The first-order valence-electron chi connectivity index (χ1n) is 7.56. The number of rotatable bonds is 3. The minimum absolute atomic E-state index is 0.393. The first kappa shape index (κ1) is 14.2. The lowest BCUT2D eigenvalue weighted by Gasteiger charge is -2.25. The van der Waals surface area contributed by atoms with Crippen molar-refractivity contribution >= 4 is 15.9 Å². The van der Waals surface area contributed by atoms with Gasteiger partial charge in [-0.05, 0) is 43.5 Å². The Morgan fingerprint density at radius 1 is 1.10 bits per heavy atom. The molecule has 0 spiro atoms. The molecule has 1 aromatic rings. The molecule has 1 heterocycles. The van der Waals surface area contributed by atoms with Crippen molar-refractivity contribution in [3.05, 3.63) is 22.2 Å². The third-order valence-electron chi connectivity index (χ3n) is 4.38. The highest BCUT2D eigenvalue weighted by molar-refractivity contribution is 9.10. The predicted octanol–water partition coefficient (Wildman–Crippen LogP) is 4.06. The van der Waals surface area contributed by atoms with E-state index in [0.717, 1.165) is 41.5 Å². The van der Waals surface area contributed by atoms with Gasteiger partial charge in [0, 0.05) is 16.9 Å². The van der Waals surface area contributed by atoms with Crippen molar-refractivity contribution in [1.29, 1.82) is 0 Å². The molecule has 1 atom stereocenters. The molecule has 110 valence electrons. The van der Waals surface area contributed by atoms with Gasteiger partial charge in [-0.2, -0.15) is 0 Å². The van der Waals surface area contributed by atoms with Crippen LogP contribution in [0.3, 0.4) is 0 Å². The molecule has 0 bridgehead atoms. The first-order valence-corrected chi connectivity index (χ1v) is 8.35. The number of fused-ring (bicyclic) bond motifs is 1. The zero-order chi connectivity index (χ0) is 13.9. The third kappa shape index (κ3) is 2.82. The van der Waals surface area contributed by atoms with Gasteiger partial charge in [0.1, 0.15) is 0 Å². The Morgan fingerprint density at radius 3 is 2.40 bits per heavy atom. The molecule has 3 rings (SSSR count). The summed E-state index contributed by atoms with van der Waals surface area (Å²) in [4.78, 5) is 0. The summed E-state index contributed by atoms with van der Waals surface area (Å²) in [7, 11) is 2.05. The van der Waals surface area contributed by atoms with Gasteiger partial charge in [0.2, 0.25) is 0 Å². The van der Waals surface area contributed by atoms with Gasteiger partial charge in [0.15, 0.2) is 11.5 Å². The molecular formula is C16H22BrNO2. The van der Waals surface area contributed by atoms with Gasteiger partial charge in [0.25, 0.3) is 0 Å². The van der Waals surface area contributed by atoms with Crippen molar-refractivity contribution in [3.63, 3.8) is 0 Å². The second kappa shape index (κ2) is 6.35. The molecular weight excluding hydrogens is 318 g/mol. The fraction of sp³-hybridized carbons (Fsp3) is 0.625. The van der Waals surface area contributed by atoms with Crippen molar-refractivity contribution in [2.75, 3.05) is 20.3 Å². The quantitative estimate of drug-likeness (QED) is 0.900. The molecule has 0 amide bonds. The lowest BCUT2D eigenvalue weighted by Crippen LogP contribution is -2.24. The van der Waals surface area contributed by atoms with Crippen LogP contribution in [0.15, 0.2) is 16.6 Å². The van der Waals surface area contributed by atoms with E-state index in [2.05, 4.69) is 40.4 Å². The Kier molecular flexibility index (Phi) is 4.51. The molecule has 1 aromatic carbocycles. The van der Waals surface area contributed by atoms with E-state index < -0.39 is 0 Å². The molecule has 1 fully saturated rings. The Balaban J connectivity index is 1.93. The molecule has 1 aliphatic heterocycles. The van der Waals surface area contributed by atoms with Crippen LogP contribution >= 0.6 is 15.9 Å². The average Bonchev–Trinajstić information content (AvgIpc) is 2.87. The highest BCUT2D eigenvalue weighted by atomic mass is 79.9. The highest BCUT2D eigenvalue weighted by Gasteiger charge is 2.28. The molecule has 1 saturated carbocycles. The maximum absolute atomic E-state index is 5.83. The Hall–Kier alpha value is -0.740. The van der Waals surface area contributed by atoms with Crippen LogP contribution in [0.4, 0.5) is 0 Å². The van der Waals surface area contributed by atoms with E-state index >= 15 is 0 Å². The van der Waals surface area contributed by atoms with Crippen LogP contribution in [0.1, 0.15) is 43.7 Å². The maximum atomic E-state index is 5.83. The van der Waals surface area contributed by atoms with Gasteiger partial charge in [-0.3, -0.25) is 0 Å². The summed E-state index contributed by atoms with van der Waals surface area (Å²) >= 11 is 3.71. The molecule has 3 nitrogen and oxygen atoms in total. The lowest BCUT2D eigenvalue weighted by molar-refractivity contribution is 0.296. The second-order valence-corrected chi connectivity index (χ2v) is 6.54.